The van der Waals surface area contributed by atoms with Gasteiger partial charge in [0.15, 0.2) is 19.6 Å². The van der Waals surface area contributed by atoms with E-state index in [1.807, 2.05) is 73.8 Å². The van der Waals surface area contributed by atoms with Crippen molar-refractivity contribution in [3.05, 3.63) is 71.8 Å². The summed E-state index contributed by atoms with van der Waals surface area (Å²) in [5.41, 5.74) is -7.12. The van der Waals surface area contributed by atoms with Gasteiger partial charge in [-0.25, -0.2) is 34.0 Å². The monoisotopic (exact) mass is 1090 g/mol. The molecule has 0 bridgehead atoms. The number of hydrogen-bond donors (Lipinski definition) is 1. The van der Waals surface area contributed by atoms with Gasteiger partial charge >= 0.3 is 30.3 Å². The van der Waals surface area contributed by atoms with E-state index in [9.17, 15) is 9.59 Å². The number of guanidine groups is 2. The zero-order valence-electron chi connectivity index (χ0n) is 48.6. The Kier molecular flexibility index (Phi) is 17.5. The number of carbonyl (C=O) groups is 5. The fourth-order valence-corrected chi connectivity index (χ4v) is 10.7. The molecule has 426 valence electrons. The van der Waals surface area contributed by atoms with Crippen LogP contribution in [-0.2, 0) is 47.2 Å². The summed E-state index contributed by atoms with van der Waals surface area (Å²) in [5, 5.41) is 4.04. The quantitative estimate of drug-likeness (QED) is 0.0959. The molecule has 4 amide bonds. The van der Waals surface area contributed by atoms with Crippen molar-refractivity contribution in [2.75, 3.05) is 40.2 Å². The Balaban J connectivity index is 1.81. The number of amides is 4. The van der Waals surface area contributed by atoms with Crippen molar-refractivity contribution in [1.29, 1.82) is 0 Å². The molecule has 22 heteroatoms. The van der Waals surface area contributed by atoms with E-state index in [-0.39, 0.29) is 24.8 Å². The first-order valence-corrected chi connectivity index (χ1v) is 29.1. The Morgan fingerprint density at radius 3 is 1.81 bits per heavy atom. The van der Waals surface area contributed by atoms with E-state index in [4.69, 9.17) is 47.4 Å². The molecule has 4 heterocycles. The summed E-state index contributed by atoms with van der Waals surface area (Å²) in [6.45, 7) is 30.5. The number of alkyl carbamates (subject to hydrolysis) is 1. The molecular formula is C55H83N7O14Si. The molecule has 6 atom stereocenters. The Labute approximate surface area is 455 Å². The minimum absolute atomic E-state index is 0.0327. The molecule has 4 aliphatic rings. The van der Waals surface area contributed by atoms with Gasteiger partial charge in [0.2, 0.25) is 11.9 Å². The van der Waals surface area contributed by atoms with E-state index >= 15 is 14.4 Å². The third-order valence-electron chi connectivity index (χ3n) is 13.6. The number of hydroxylamine groups is 2. The number of benzene rings is 2. The highest BCUT2D eigenvalue weighted by molar-refractivity contribution is 6.74. The van der Waals surface area contributed by atoms with Crippen LogP contribution in [-0.4, -0.2) is 162 Å². The minimum atomic E-state index is -2.81. The van der Waals surface area contributed by atoms with Crippen molar-refractivity contribution in [2.45, 2.75) is 187 Å². The smallest absolute Gasteiger partial charge is 0.437 e. The van der Waals surface area contributed by atoms with Gasteiger partial charge < -0.3 is 42.5 Å². The number of aliphatic imine (C=N–C) groups is 2. The molecule has 0 aromatic heterocycles. The van der Waals surface area contributed by atoms with Crippen LogP contribution in [0.4, 0.5) is 19.2 Å². The molecule has 2 aromatic rings. The van der Waals surface area contributed by atoms with Crippen molar-refractivity contribution in [2.24, 2.45) is 15.9 Å². The first-order valence-electron chi connectivity index (χ1n) is 26.2. The van der Waals surface area contributed by atoms with Gasteiger partial charge in [0.1, 0.15) is 47.3 Å². The lowest BCUT2D eigenvalue weighted by molar-refractivity contribution is -0.260. The molecule has 1 N–H and O–H groups in total. The zero-order chi connectivity index (χ0) is 57.5. The zero-order valence-corrected chi connectivity index (χ0v) is 49.6. The summed E-state index contributed by atoms with van der Waals surface area (Å²) in [5.74, 6) is -2.80. The van der Waals surface area contributed by atoms with Crippen LogP contribution in [0.25, 0.3) is 0 Å². The van der Waals surface area contributed by atoms with Gasteiger partial charge in [0, 0.05) is 13.7 Å². The van der Waals surface area contributed by atoms with E-state index in [1.165, 1.54) is 16.9 Å². The van der Waals surface area contributed by atoms with E-state index in [0.29, 0.717) is 0 Å². The highest BCUT2D eigenvalue weighted by Crippen LogP contribution is 2.58. The van der Waals surface area contributed by atoms with Crippen LogP contribution in [0.5, 0.6) is 0 Å². The molecule has 3 fully saturated rings. The average molecular weight is 1090 g/mol. The third kappa shape index (κ3) is 13.1. The minimum Gasteiger partial charge on any atom is -0.466 e. The lowest BCUT2D eigenvalue weighted by Crippen LogP contribution is -2.80. The van der Waals surface area contributed by atoms with Gasteiger partial charge in [0.05, 0.1) is 31.8 Å². The number of methoxy groups -OCH3 is 1. The van der Waals surface area contributed by atoms with Crippen LogP contribution in [0.1, 0.15) is 128 Å². The van der Waals surface area contributed by atoms with Crippen LogP contribution < -0.4 is 5.32 Å². The predicted octanol–water partition coefficient (Wildman–Crippen LogP) is 9.37. The molecule has 2 aromatic carbocycles. The fraction of sp³-hybridized carbons (Fsp3) is 0.655. The number of ether oxygens (including phenoxy) is 7. The van der Waals surface area contributed by atoms with Gasteiger partial charge in [-0.2, -0.15) is 5.06 Å². The number of nitrogens with zero attached hydrogens (tertiary/aromatic N) is 6. The number of hydrogen-bond acceptors (Lipinski definition) is 16. The fourth-order valence-electron chi connectivity index (χ4n) is 9.72. The number of nitrogens with one attached hydrogen (secondary N) is 1. The molecule has 3 saturated heterocycles. The maximum absolute atomic E-state index is 15.8. The Hall–Kier alpha value is -5.65. The summed E-state index contributed by atoms with van der Waals surface area (Å²) in [6.07, 6.45) is -5.81. The van der Waals surface area contributed by atoms with Crippen LogP contribution in [0, 0.1) is 5.92 Å². The molecule has 77 heavy (non-hydrogen) atoms. The topological polar surface area (TPSA) is 218 Å². The van der Waals surface area contributed by atoms with Crippen molar-refractivity contribution >= 4 is 50.6 Å². The number of rotatable bonds is 11. The molecule has 6 rings (SSSR count). The first kappa shape index (κ1) is 60.6. The molecular weight excluding hydrogens is 1010 g/mol. The lowest BCUT2D eigenvalue weighted by Gasteiger charge is -2.56. The molecule has 2 spiro atoms. The molecule has 1 unspecified atom stereocenters. The molecule has 0 aliphatic carbocycles. The Morgan fingerprint density at radius 1 is 0.779 bits per heavy atom. The van der Waals surface area contributed by atoms with Crippen LogP contribution in [0.2, 0.25) is 18.1 Å². The van der Waals surface area contributed by atoms with Crippen LogP contribution in [0.15, 0.2) is 70.6 Å². The molecule has 21 nitrogen and oxygen atoms in total. The summed E-state index contributed by atoms with van der Waals surface area (Å²) in [7, 11) is -1.40. The molecule has 0 saturated carbocycles. The molecule has 4 aliphatic heterocycles. The standard InChI is InChI=1S/C55H83N7O14Si/c1-20-69-41(63)37-31-60(39(35-27-23-21-24-28-35)36-29-25-22-26-30-36)76-54(37)33-59-44(58-46(65)73-50(5,6)7)61(47(66)74-51(8,9)10)38(32-71-77(18,19)53(14,15)16)40-55(59,42(54)70-34-68-17)62(48(67)75-52(11,12)13)43(56-40)57-45(64)72-49(2,3)4/h21-30,37-40,42H,20,31-34H2,1-19H3,(H,56,57,64)/b58-44+/t37?,38-,40-,42+,54-,55+/m0/s1. The molecule has 0 radical (unpaired) electrons. The predicted molar refractivity (Wildman–Crippen MR) is 289 cm³/mol. The average Bonchev–Trinajstić information content (AvgIpc) is 3.90. The number of carbonyl (C=O) groups excluding carboxylic acids is 5. The van der Waals surface area contributed by atoms with Crippen molar-refractivity contribution in [3.63, 3.8) is 0 Å². The number of esters is 1. The second kappa shape index (κ2) is 22.2. The van der Waals surface area contributed by atoms with Crippen LogP contribution >= 0.6 is 0 Å². The lowest BCUT2D eigenvalue weighted by atomic mass is 9.77. The normalized spacial score (nSPS) is 24.6. The van der Waals surface area contributed by atoms with Gasteiger partial charge in [-0.3, -0.25) is 14.9 Å². The Bertz CT molecular complexity index is 2490. The second-order valence-electron chi connectivity index (χ2n) is 25.2. The summed E-state index contributed by atoms with van der Waals surface area (Å²) in [6, 6.07) is 15.6. The maximum atomic E-state index is 15.8. The van der Waals surface area contributed by atoms with E-state index < -0.39 is 128 Å². The summed E-state index contributed by atoms with van der Waals surface area (Å²) >= 11 is 0. The van der Waals surface area contributed by atoms with E-state index in [1.54, 1.807) is 95.1 Å². The van der Waals surface area contributed by atoms with Gasteiger partial charge in [-0.1, -0.05) is 81.4 Å². The third-order valence-corrected chi connectivity index (χ3v) is 18.1. The SMILES string of the molecule is CCOC(=O)C1CN(C(c2ccccc2)c2ccccc2)O[C@@]12CN1/C(=N\C(=O)OC(C)(C)C)N(C(=O)OC(C)(C)C)[C@@H](CO[Si](C)(C)C(C)(C)C)[C@@H]3N=C(NC(=O)OC(C)(C)C)N(C(=O)OC(C)(C)C)[C@@]31[C@@H]2OCOC. The van der Waals surface area contributed by atoms with E-state index in [2.05, 4.69) is 31.1 Å². The van der Waals surface area contributed by atoms with E-state index in [0.717, 1.165) is 16.0 Å². The first-order chi connectivity index (χ1) is 35.5. The van der Waals surface area contributed by atoms with Gasteiger partial charge in [0.25, 0.3) is 0 Å². The van der Waals surface area contributed by atoms with Gasteiger partial charge in [-0.15, -0.1) is 4.99 Å². The maximum Gasteiger partial charge on any atom is 0.437 e. The van der Waals surface area contributed by atoms with Gasteiger partial charge in [-0.05, 0) is 119 Å². The highest BCUT2D eigenvalue weighted by Gasteiger charge is 2.82. The van der Waals surface area contributed by atoms with Crippen molar-refractivity contribution in [1.82, 2.24) is 25.1 Å². The largest absolute Gasteiger partial charge is 0.466 e. The van der Waals surface area contributed by atoms with Crippen molar-refractivity contribution < 1.29 is 66.4 Å². The summed E-state index contributed by atoms with van der Waals surface area (Å²) < 4.78 is 50.0. The summed E-state index contributed by atoms with van der Waals surface area (Å²) in [4.78, 5) is 96.6. The highest BCUT2D eigenvalue weighted by atomic mass is 28.4. The Morgan fingerprint density at radius 2 is 1.31 bits per heavy atom. The van der Waals surface area contributed by atoms with Crippen LogP contribution in [0.3, 0.4) is 0 Å². The van der Waals surface area contributed by atoms with Crippen molar-refractivity contribution in [3.8, 4) is 0 Å². The second-order valence-corrected chi connectivity index (χ2v) is 30.0.